The molecule has 2 fully saturated rings. The number of ketones is 1. The second kappa shape index (κ2) is 3.37. The molecule has 0 saturated heterocycles. The lowest BCUT2D eigenvalue weighted by molar-refractivity contribution is -0.147. The van der Waals surface area contributed by atoms with Gasteiger partial charge in [0.25, 0.3) is 0 Å². The monoisotopic (exact) mass is 196 g/mol. The lowest BCUT2D eigenvalue weighted by Crippen LogP contribution is -2.36. The highest BCUT2D eigenvalue weighted by molar-refractivity contribution is 5.81. The third-order valence-electron chi connectivity index (χ3n) is 3.88. The third kappa shape index (κ3) is 1.45. The molecule has 2 rings (SSSR count). The van der Waals surface area contributed by atoms with Gasteiger partial charge in [-0.2, -0.15) is 0 Å². The predicted molar refractivity (Wildman–Crippen MR) is 50.9 cm³/mol. The highest BCUT2D eigenvalue weighted by Crippen LogP contribution is 2.51. The fraction of sp³-hybridized carbons (Fsp3) is 0.818. The summed E-state index contributed by atoms with van der Waals surface area (Å²) in [7, 11) is 0. The van der Waals surface area contributed by atoms with E-state index in [2.05, 4.69) is 0 Å². The van der Waals surface area contributed by atoms with Gasteiger partial charge in [0.2, 0.25) is 0 Å². The summed E-state index contributed by atoms with van der Waals surface area (Å²) in [6.07, 6.45) is 5.69. The standard InChI is InChI=1S/C11H16O3/c12-8-3-1-5-11(7-8)6-2-4-9(11)10(13)14/h9H,1-7H2,(H,13,14). The maximum Gasteiger partial charge on any atom is 0.307 e. The smallest absolute Gasteiger partial charge is 0.307 e. The molecular weight excluding hydrogens is 180 g/mol. The summed E-state index contributed by atoms with van der Waals surface area (Å²) in [6.45, 7) is 0. The Balaban J connectivity index is 2.20. The Morgan fingerprint density at radius 3 is 2.71 bits per heavy atom. The van der Waals surface area contributed by atoms with Crippen LogP contribution in [0.1, 0.15) is 44.9 Å². The van der Waals surface area contributed by atoms with Crippen LogP contribution >= 0.6 is 0 Å². The summed E-state index contributed by atoms with van der Waals surface area (Å²) < 4.78 is 0. The first-order valence-electron chi connectivity index (χ1n) is 5.39. The Morgan fingerprint density at radius 1 is 1.36 bits per heavy atom. The van der Waals surface area contributed by atoms with Crippen LogP contribution in [0.25, 0.3) is 0 Å². The van der Waals surface area contributed by atoms with Crippen molar-refractivity contribution in [2.45, 2.75) is 44.9 Å². The van der Waals surface area contributed by atoms with E-state index in [1.807, 2.05) is 0 Å². The van der Waals surface area contributed by atoms with Crippen LogP contribution in [0.5, 0.6) is 0 Å². The van der Waals surface area contributed by atoms with E-state index in [4.69, 9.17) is 5.11 Å². The molecule has 3 nitrogen and oxygen atoms in total. The normalized spacial score (nSPS) is 37.7. The molecule has 2 aliphatic carbocycles. The van der Waals surface area contributed by atoms with E-state index < -0.39 is 5.97 Å². The highest BCUT2D eigenvalue weighted by atomic mass is 16.4. The lowest BCUT2D eigenvalue weighted by atomic mass is 9.67. The van der Waals surface area contributed by atoms with E-state index in [1.165, 1.54) is 0 Å². The second-order valence-electron chi connectivity index (χ2n) is 4.71. The van der Waals surface area contributed by atoms with Gasteiger partial charge in [-0.25, -0.2) is 0 Å². The molecule has 1 spiro atoms. The molecule has 2 atom stereocenters. The minimum Gasteiger partial charge on any atom is -0.481 e. The number of carboxylic acids is 1. The van der Waals surface area contributed by atoms with Gasteiger partial charge in [0.15, 0.2) is 0 Å². The number of rotatable bonds is 1. The van der Waals surface area contributed by atoms with Crippen molar-refractivity contribution in [1.82, 2.24) is 0 Å². The van der Waals surface area contributed by atoms with Gasteiger partial charge in [0.1, 0.15) is 5.78 Å². The van der Waals surface area contributed by atoms with Crippen LogP contribution in [0.15, 0.2) is 0 Å². The van der Waals surface area contributed by atoms with E-state index in [0.29, 0.717) is 12.8 Å². The van der Waals surface area contributed by atoms with E-state index >= 15 is 0 Å². The van der Waals surface area contributed by atoms with Gasteiger partial charge >= 0.3 is 5.97 Å². The zero-order valence-corrected chi connectivity index (χ0v) is 8.29. The quantitative estimate of drug-likeness (QED) is 0.697. The molecule has 14 heavy (non-hydrogen) atoms. The highest BCUT2D eigenvalue weighted by Gasteiger charge is 2.48. The van der Waals surface area contributed by atoms with Gasteiger partial charge in [0, 0.05) is 12.8 Å². The van der Waals surface area contributed by atoms with Crippen molar-refractivity contribution >= 4 is 11.8 Å². The van der Waals surface area contributed by atoms with Crippen molar-refractivity contribution in [3.63, 3.8) is 0 Å². The van der Waals surface area contributed by atoms with Gasteiger partial charge in [-0.15, -0.1) is 0 Å². The van der Waals surface area contributed by atoms with Gasteiger partial charge in [0.05, 0.1) is 5.92 Å². The van der Waals surface area contributed by atoms with Crippen LogP contribution < -0.4 is 0 Å². The molecular formula is C11H16O3. The molecule has 1 N–H and O–H groups in total. The lowest BCUT2D eigenvalue weighted by Gasteiger charge is -2.36. The second-order valence-corrected chi connectivity index (χ2v) is 4.71. The molecule has 0 aromatic rings. The summed E-state index contributed by atoms with van der Waals surface area (Å²) in [5, 5.41) is 9.11. The first-order chi connectivity index (χ1) is 6.64. The van der Waals surface area contributed by atoms with Crippen LogP contribution in [-0.2, 0) is 9.59 Å². The summed E-state index contributed by atoms with van der Waals surface area (Å²) in [6, 6.07) is 0. The first kappa shape index (κ1) is 9.69. The summed E-state index contributed by atoms with van der Waals surface area (Å²) in [5.74, 6) is -0.687. The van der Waals surface area contributed by atoms with E-state index in [-0.39, 0.29) is 17.1 Å². The molecule has 3 heteroatoms. The van der Waals surface area contributed by atoms with Crippen molar-refractivity contribution in [2.24, 2.45) is 11.3 Å². The largest absolute Gasteiger partial charge is 0.481 e. The summed E-state index contributed by atoms with van der Waals surface area (Å²) in [4.78, 5) is 22.5. The summed E-state index contributed by atoms with van der Waals surface area (Å²) >= 11 is 0. The van der Waals surface area contributed by atoms with Crippen LogP contribution in [0.2, 0.25) is 0 Å². The predicted octanol–water partition coefficient (Wildman–Crippen LogP) is 2.00. The molecule has 2 aliphatic rings. The molecule has 2 unspecified atom stereocenters. The van der Waals surface area contributed by atoms with Crippen molar-refractivity contribution in [3.05, 3.63) is 0 Å². The number of carbonyl (C=O) groups is 2. The average Bonchev–Trinajstić information content (AvgIpc) is 2.48. The average molecular weight is 196 g/mol. The van der Waals surface area contributed by atoms with Crippen LogP contribution in [0.3, 0.4) is 0 Å². The van der Waals surface area contributed by atoms with Crippen molar-refractivity contribution in [2.75, 3.05) is 0 Å². The van der Waals surface area contributed by atoms with E-state index in [0.717, 1.165) is 32.1 Å². The summed E-state index contributed by atoms with van der Waals surface area (Å²) in [5.41, 5.74) is -0.166. The van der Waals surface area contributed by atoms with Crippen molar-refractivity contribution in [1.29, 1.82) is 0 Å². The number of hydrogen-bond donors (Lipinski definition) is 1. The molecule has 78 valence electrons. The minimum absolute atomic E-state index is 0.166. The third-order valence-corrected chi connectivity index (χ3v) is 3.88. The fourth-order valence-electron chi connectivity index (χ4n) is 3.24. The number of hydrogen-bond acceptors (Lipinski definition) is 2. The van der Waals surface area contributed by atoms with Crippen molar-refractivity contribution in [3.8, 4) is 0 Å². The van der Waals surface area contributed by atoms with Gasteiger partial charge < -0.3 is 5.11 Å². The van der Waals surface area contributed by atoms with Crippen LogP contribution in [-0.4, -0.2) is 16.9 Å². The van der Waals surface area contributed by atoms with E-state index in [1.54, 1.807) is 0 Å². The SMILES string of the molecule is O=C1CCCC2(CCCC2C(=O)O)C1. The van der Waals surface area contributed by atoms with E-state index in [9.17, 15) is 9.59 Å². The zero-order chi connectivity index (χ0) is 10.2. The van der Waals surface area contributed by atoms with Crippen molar-refractivity contribution < 1.29 is 14.7 Å². The Hall–Kier alpha value is -0.860. The molecule has 0 heterocycles. The van der Waals surface area contributed by atoms with Gasteiger partial charge in [-0.05, 0) is 31.1 Å². The first-order valence-corrected chi connectivity index (χ1v) is 5.39. The molecule has 0 bridgehead atoms. The molecule has 0 radical (unpaired) electrons. The minimum atomic E-state index is -0.697. The molecule has 2 saturated carbocycles. The number of Topliss-reactive ketones (excluding diaryl/α,β-unsaturated/α-hetero) is 1. The Labute approximate surface area is 83.5 Å². The molecule has 0 aromatic heterocycles. The van der Waals surface area contributed by atoms with Gasteiger partial charge in [-0.1, -0.05) is 6.42 Å². The van der Waals surface area contributed by atoms with Crippen LogP contribution in [0.4, 0.5) is 0 Å². The fourth-order valence-corrected chi connectivity index (χ4v) is 3.24. The molecule has 0 aromatic carbocycles. The van der Waals surface area contributed by atoms with Gasteiger partial charge in [-0.3, -0.25) is 9.59 Å². The molecule has 0 amide bonds. The van der Waals surface area contributed by atoms with Crippen LogP contribution in [0, 0.1) is 11.3 Å². The zero-order valence-electron chi connectivity index (χ0n) is 8.29. The Bertz CT molecular complexity index is 272. The topological polar surface area (TPSA) is 54.4 Å². The molecule has 0 aliphatic heterocycles. The maximum atomic E-state index is 11.4. The Kier molecular flexibility index (Phi) is 2.33. The number of carbonyl (C=O) groups excluding carboxylic acids is 1. The Morgan fingerprint density at radius 2 is 2.07 bits per heavy atom. The maximum absolute atomic E-state index is 11.4. The number of aliphatic carboxylic acids is 1. The number of carboxylic acid groups (broad SMARTS) is 1.